The minimum Gasteiger partial charge on any atom is -0.373 e. The molecule has 0 spiro atoms. The molecule has 1 fully saturated rings. The molecule has 1 aromatic carbocycles. The van der Waals surface area contributed by atoms with Crippen LogP contribution in [0, 0.1) is 17.8 Å². The lowest BCUT2D eigenvalue weighted by Gasteiger charge is -2.36. The van der Waals surface area contributed by atoms with Gasteiger partial charge < -0.3 is 9.59 Å². The molecular formula is C21H32NO+. The molecule has 1 aliphatic rings. The third-order valence-corrected chi connectivity index (χ3v) is 5.85. The molecule has 0 aromatic heterocycles. The summed E-state index contributed by atoms with van der Waals surface area (Å²) < 4.78 is 0.919. The van der Waals surface area contributed by atoms with Crippen LogP contribution in [0.4, 0.5) is 0 Å². The van der Waals surface area contributed by atoms with Crippen LogP contribution in [0.3, 0.4) is 0 Å². The number of benzene rings is 1. The molecule has 0 saturated heterocycles. The van der Waals surface area contributed by atoms with Gasteiger partial charge in [-0.15, -0.1) is 0 Å². The normalized spacial score (nSPS) is 20.6. The Labute approximate surface area is 142 Å². The Balaban J connectivity index is 2.28. The number of rotatable bonds is 5. The quantitative estimate of drug-likeness (QED) is 0.644. The first kappa shape index (κ1) is 18.0. The van der Waals surface area contributed by atoms with Crippen LogP contribution in [0.2, 0.25) is 0 Å². The van der Waals surface area contributed by atoms with E-state index in [1.807, 2.05) is 30.3 Å². The number of aliphatic hydroxyl groups is 1. The van der Waals surface area contributed by atoms with Gasteiger partial charge in [-0.05, 0) is 45.1 Å². The van der Waals surface area contributed by atoms with Crippen molar-refractivity contribution in [3.05, 3.63) is 35.9 Å². The van der Waals surface area contributed by atoms with Crippen LogP contribution in [0.1, 0.15) is 52.0 Å². The van der Waals surface area contributed by atoms with Gasteiger partial charge in [0.05, 0.1) is 19.6 Å². The van der Waals surface area contributed by atoms with E-state index in [-0.39, 0.29) is 5.92 Å². The highest BCUT2D eigenvalue weighted by Gasteiger charge is 2.38. The molecule has 1 saturated carbocycles. The lowest BCUT2D eigenvalue weighted by molar-refractivity contribution is -0.921. The average molecular weight is 314 g/mol. The molecule has 23 heavy (non-hydrogen) atoms. The van der Waals surface area contributed by atoms with E-state index in [9.17, 15) is 5.11 Å². The van der Waals surface area contributed by atoms with E-state index in [2.05, 4.69) is 39.7 Å². The number of nitrogens with zero attached hydrogens (tertiary/aromatic N) is 1. The van der Waals surface area contributed by atoms with Gasteiger partial charge in [-0.25, -0.2) is 0 Å². The smallest absolute Gasteiger partial charge is 0.153 e. The van der Waals surface area contributed by atoms with Crippen molar-refractivity contribution in [3.8, 4) is 11.8 Å². The van der Waals surface area contributed by atoms with Gasteiger partial charge in [-0.3, -0.25) is 0 Å². The van der Waals surface area contributed by atoms with Crippen LogP contribution in [0.25, 0.3) is 0 Å². The predicted molar refractivity (Wildman–Crippen MR) is 96.8 cm³/mol. The van der Waals surface area contributed by atoms with Crippen molar-refractivity contribution in [1.82, 2.24) is 0 Å². The topological polar surface area (TPSA) is 20.2 Å². The Morgan fingerprint density at radius 3 is 2.35 bits per heavy atom. The largest absolute Gasteiger partial charge is 0.373 e. The molecule has 0 heterocycles. The molecule has 2 nitrogen and oxygen atoms in total. The third-order valence-electron chi connectivity index (χ3n) is 5.85. The molecule has 0 amide bonds. The fraction of sp³-hybridized carbons (Fsp3) is 0.619. The van der Waals surface area contributed by atoms with Gasteiger partial charge in [0.2, 0.25) is 0 Å². The summed E-state index contributed by atoms with van der Waals surface area (Å²) in [4.78, 5) is 0. The van der Waals surface area contributed by atoms with Crippen molar-refractivity contribution in [2.24, 2.45) is 5.92 Å². The average Bonchev–Trinajstić information content (AvgIpc) is 3.10. The third kappa shape index (κ3) is 3.97. The summed E-state index contributed by atoms with van der Waals surface area (Å²) in [5.41, 5.74) is -0.0394. The SMILES string of the molecule is CC[N+](C)(CC#C[C@@](O)(c1ccccc1)C1CCCC1)C(C)C. The summed E-state index contributed by atoms with van der Waals surface area (Å²) in [6.07, 6.45) is 4.56. The standard InChI is InChI=1S/C21H32NO/c1-5-22(4,18(2)3)17-11-16-21(23,20-14-9-10-15-20)19-12-7-6-8-13-19/h6-8,12-13,18,20,23H,5,9-10,14-15,17H2,1-4H3/q+1/t21-,22?/m1/s1. The van der Waals surface area contributed by atoms with Crippen molar-refractivity contribution in [1.29, 1.82) is 0 Å². The summed E-state index contributed by atoms with van der Waals surface area (Å²) in [6, 6.07) is 10.6. The van der Waals surface area contributed by atoms with E-state index in [0.717, 1.165) is 36.0 Å². The predicted octanol–water partition coefficient (Wildman–Crippen LogP) is 3.94. The van der Waals surface area contributed by atoms with Crippen molar-refractivity contribution < 1.29 is 9.59 Å². The Hall–Kier alpha value is -1.30. The zero-order valence-corrected chi connectivity index (χ0v) is 15.2. The maximum atomic E-state index is 11.4. The van der Waals surface area contributed by atoms with Gasteiger partial charge in [-0.1, -0.05) is 49.1 Å². The van der Waals surface area contributed by atoms with Crippen LogP contribution in [0.5, 0.6) is 0 Å². The zero-order valence-electron chi connectivity index (χ0n) is 15.2. The van der Waals surface area contributed by atoms with E-state index in [1.54, 1.807) is 0 Å². The molecule has 0 aliphatic heterocycles. The maximum absolute atomic E-state index is 11.4. The highest BCUT2D eigenvalue weighted by molar-refractivity contribution is 5.33. The van der Waals surface area contributed by atoms with Gasteiger partial charge in [0, 0.05) is 5.92 Å². The minimum atomic E-state index is -0.993. The number of hydrogen-bond donors (Lipinski definition) is 1. The van der Waals surface area contributed by atoms with Gasteiger partial charge in [0.1, 0.15) is 6.54 Å². The van der Waals surface area contributed by atoms with Crippen LogP contribution in [-0.4, -0.2) is 35.8 Å². The molecule has 2 rings (SSSR count). The van der Waals surface area contributed by atoms with E-state index in [1.165, 1.54) is 12.8 Å². The van der Waals surface area contributed by atoms with Crippen molar-refractivity contribution >= 4 is 0 Å². The Morgan fingerprint density at radius 1 is 1.22 bits per heavy atom. The number of quaternary nitrogens is 1. The molecule has 1 N–H and O–H groups in total. The van der Waals surface area contributed by atoms with E-state index in [4.69, 9.17) is 0 Å². The van der Waals surface area contributed by atoms with Gasteiger partial charge in [-0.2, -0.15) is 0 Å². The second-order valence-corrected chi connectivity index (χ2v) is 7.46. The van der Waals surface area contributed by atoms with Crippen LogP contribution in [-0.2, 0) is 5.60 Å². The van der Waals surface area contributed by atoms with Crippen LogP contribution in [0.15, 0.2) is 30.3 Å². The van der Waals surface area contributed by atoms with Crippen LogP contribution >= 0.6 is 0 Å². The first-order valence-corrected chi connectivity index (χ1v) is 9.04. The highest BCUT2D eigenvalue weighted by Crippen LogP contribution is 2.40. The monoisotopic (exact) mass is 314 g/mol. The van der Waals surface area contributed by atoms with Crippen molar-refractivity contribution in [2.45, 2.75) is 58.1 Å². The summed E-state index contributed by atoms with van der Waals surface area (Å²) in [6.45, 7) is 8.54. The van der Waals surface area contributed by atoms with Gasteiger partial charge >= 0.3 is 0 Å². The van der Waals surface area contributed by atoms with Gasteiger partial charge in [0.25, 0.3) is 0 Å². The zero-order chi connectivity index (χ0) is 16.9. The summed E-state index contributed by atoms with van der Waals surface area (Å²) in [5, 5.41) is 11.4. The van der Waals surface area contributed by atoms with Crippen LogP contribution < -0.4 is 0 Å². The fourth-order valence-corrected chi connectivity index (χ4v) is 3.46. The second-order valence-electron chi connectivity index (χ2n) is 7.46. The summed E-state index contributed by atoms with van der Waals surface area (Å²) in [7, 11) is 2.25. The summed E-state index contributed by atoms with van der Waals surface area (Å²) >= 11 is 0. The fourth-order valence-electron chi connectivity index (χ4n) is 3.46. The first-order valence-electron chi connectivity index (χ1n) is 9.04. The molecule has 0 radical (unpaired) electrons. The molecular weight excluding hydrogens is 282 g/mol. The van der Waals surface area contributed by atoms with E-state index >= 15 is 0 Å². The lowest BCUT2D eigenvalue weighted by atomic mass is 9.80. The van der Waals surface area contributed by atoms with Crippen molar-refractivity contribution in [2.75, 3.05) is 20.1 Å². The number of hydrogen-bond acceptors (Lipinski definition) is 1. The Morgan fingerprint density at radius 2 is 1.83 bits per heavy atom. The second kappa shape index (κ2) is 7.51. The molecule has 126 valence electrons. The Kier molecular flexibility index (Phi) is 5.89. The van der Waals surface area contributed by atoms with Gasteiger partial charge in [0.15, 0.2) is 5.60 Å². The molecule has 0 bridgehead atoms. The molecule has 1 aromatic rings. The lowest BCUT2D eigenvalue weighted by Crippen LogP contribution is -2.49. The van der Waals surface area contributed by atoms with E-state index < -0.39 is 5.60 Å². The minimum absolute atomic E-state index is 0.261. The molecule has 1 unspecified atom stereocenters. The van der Waals surface area contributed by atoms with E-state index in [0.29, 0.717) is 6.04 Å². The Bertz CT molecular complexity index is 550. The van der Waals surface area contributed by atoms with Crippen molar-refractivity contribution in [3.63, 3.8) is 0 Å². The molecule has 1 aliphatic carbocycles. The molecule has 2 heteroatoms. The molecule has 2 atom stereocenters. The maximum Gasteiger partial charge on any atom is 0.153 e. The highest BCUT2D eigenvalue weighted by atomic mass is 16.3. The summed E-state index contributed by atoms with van der Waals surface area (Å²) in [5.74, 6) is 6.90. The first-order chi connectivity index (χ1) is 10.9.